The van der Waals surface area contributed by atoms with Gasteiger partial charge in [-0.3, -0.25) is 10.2 Å². The van der Waals surface area contributed by atoms with Crippen LogP contribution in [0.5, 0.6) is 0 Å². The van der Waals surface area contributed by atoms with Crippen molar-refractivity contribution < 1.29 is 4.79 Å². The second-order valence-electron chi connectivity index (χ2n) is 6.35. The molecule has 1 aliphatic heterocycles. The van der Waals surface area contributed by atoms with E-state index in [0.29, 0.717) is 6.04 Å². The van der Waals surface area contributed by atoms with Crippen molar-refractivity contribution in [1.29, 1.82) is 0 Å². The van der Waals surface area contributed by atoms with E-state index in [0.717, 1.165) is 32.1 Å². The Hall–Kier alpha value is -1.39. The molecule has 3 N–H and O–H groups in total. The van der Waals surface area contributed by atoms with Crippen molar-refractivity contribution in [1.82, 2.24) is 16.2 Å². The average Bonchev–Trinajstić information content (AvgIpc) is 2.93. The predicted molar refractivity (Wildman–Crippen MR) is 83.5 cm³/mol. The lowest BCUT2D eigenvalue weighted by Crippen LogP contribution is -2.55. The molecule has 4 nitrogen and oxygen atoms in total. The molecule has 0 spiro atoms. The third-order valence-corrected chi connectivity index (χ3v) is 4.83. The fourth-order valence-corrected chi connectivity index (χ4v) is 3.43. The molecule has 2 fully saturated rings. The van der Waals surface area contributed by atoms with E-state index in [1.165, 1.54) is 12.0 Å². The van der Waals surface area contributed by atoms with Crippen molar-refractivity contribution in [2.24, 2.45) is 0 Å². The van der Waals surface area contributed by atoms with Gasteiger partial charge < -0.3 is 5.32 Å². The first kappa shape index (κ1) is 14.5. The van der Waals surface area contributed by atoms with Crippen LogP contribution in [0.15, 0.2) is 30.3 Å². The van der Waals surface area contributed by atoms with Crippen LogP contribution in [0.4, 0.5) is 0 Å². The molecule has 21 heavy (non-hydrogen) atoms. The molecule has 0 aromatic heterocycles. The molecule has 0 bridgehead atoms. The van der Waals surface area contributed by atoms with E-state index >= 15 is 0 Å². The lowest BCUT2D eigenvalue weighted by Gasteiger charge is -2.43. The molecule has 1 aromatic rings. The summed E-state index contributed by atoms with van der Waals surface area (Å²) in [5.74, 6) is 0.129. The summed E-state index contributed by atoms with van der Waals surface area (Å²) in [5.41, 5.74) is 7.49. The molecule has 3 rings (SSSR count). The molecule has 1 amide bonds. The Morgan fingerprint density at radius 1 is 1.29 bits per heavy atom. The van der Waals surface area contributed by atoms with Crippen LogP contribution < -0.4 is 16.2 Å². The van der Waals surface area contributed by atoms with Crippen molar-refractivity contribution in [3.63, 3.8) is 0 Å². The molecule has 1 saturated heterocycles. The van der Waals surface area contributed by atoms with E-state index in [1.807, 2.05) is 18.2 Å². The number of benzene rings is 1. The van der Waals surface area contributed by atoms with E-state index in [4.69, 9.17) is 0 Å². The number of carbonyl (C=O) groups is 1. The normalized spacial score (nSPS) is 27.1. The van der Waals surface area contributed by atoms with Gasteiger partial charge in [0.2, 0.25) is 5.91 Å². The maximum Gasteiger partial charge on any atom is 0.239 e. The van der Waals surface area contributed by atoms with Gasteiger partial charge in [0, 0.05) is 6.04 Å². The molecule has 4 heteroatoms. The van der Waals surface area contributed by atoms with Gasteiger partial charge in [0.1, 0.15) is 6.04 Å². The second-order valence-corrected chi connectivity index (χ2v) is 6.35. The fourth-order valence-electron chi connectivity index (χ4n) is 3.43. The third kappa shape index (κ3) is 2.97. The molecule has 2 unspecified atom stereocenters. The van der Waals surface area contributed by atoms with Gasteiger partial charge >= 0.3 is 0 Å². The lowest BCUT2D eigenvalue weighted by atomic mass is 9.71. The number of hydrogen-bond acceptors (Lipinski definition) is 3. The SMILES string of the molecule is CCCC1CC(C(=O)NC2(c3ccccc3)CCC2)NN1. The maximum atomic E-state index is 12.6. The van der Waals surface area contributed by atoms with Crippen LogP contribution in [0.25, 0.3) is 0 Å². The van der Waals surface area contributed by atoms with E-state index in [9.17, 15) is 4.79 Å². The highest BCUT2D eigenvalue weighted by molar-refractivity contribution is 5.83. The standard InChI is InChI=1S/C17H25N3O/c1-2-7-14-12-15(20-19-14)16(21)18-17(10-6-11-17)13-8-4-3-5-9-13/h3-5,8-9,14-15,19-20H,2,6-7,10-12H2,1H3,(H,18,21). The highest BCUT2D eigenvalue weighted by Crippen LogP contribution is 2.41. The van der Waals surface area contributed by atoms with Gasteiger partial charge in [-0.25, -0.2) is 5.43 Å². The number of hydrogen-bond donors (Lipinski definition) is 3. The molecule has 0 radical (unpaired) electrons. The summed E-state index contributed by atoms with van der Waals surface area (Å²) in [6.07, 6.45) is 6.40. The van der Waals surface area contributed by atoms with Gasteiger partial charge in [-0.2, -0.15) is 0 Å². The summed E-state index contributed by atoms with van der Waals surface area (Å²) in [6, 6.07) is 10.7. The molecular formula is C17H25N3O. The predicted octanol–water partition coefficient (Wildman–Crippen LogP) is 2.22. The first-order valence-electron chi connectivity index (χ1n) is 8.12. The Labute approximate surface area is 126 Å². The number of amides is 1. The Balaban J connectivity index is 1.64. The summed E-state index contributed by atoms with van der Waals surface area (Å²) in [7, 11) is 0. The Kier molecular flexibility index (Phi) is 4.27. The van der Waals surface area contributed by atoms with Crippen LogP contribution in [0.2, 0.25) is 0 Å². The Bertz CT molecular complexity index is 484. The summed E-state index contributed by atoms with van der Waals surface area (Å²) >= 11 is 0. The minimum Gasteiger partial charge on any atom is -0.345 e. The van der Waals surface area contributed by atoms with Crippen molar-refractivity contribution in [3.8, 4) is 0 Å². The largest absolute Gasteiger partial charge is 0.345 e. The van der Waals surface area contributed by atoms with Crippen LogP contribution in [-0.2, 0) is 10.3 Å². The molecule has 2 aliphatic rings. The monoisotopic (exact) mass is 287 g/mol. The van der Waals surface area contributed by atoms with Crippen LogP contribution in [0.3, 0.4) is 0 Å². The topological polar surface area (TPSA) is 53.2 Å². The van der Waals surface area contributed by atoms with Crippen molar-refractivity contribution in [2.75, 3.05) is 0 Å². The molecule has 2 atom stereocenters. The highest BCUT2D eigenvalue weighted by atomic mass is 16.2. The molecule has 114 valence electrons. The first-order valence-corrected chi connectivity index (χ1v) is 8.12. The zero-order valence-electron chi connectivity index (χ0n) is 12.7. The number of nitrogens with one attached hydrogen (secondary N) is 3. The molecule has 1 saturated carbocycles. The minimum absolute atomic E-state index is 0.109. The van der Waals surface area contributed by atoms with E-state index in [2.05, 4.69) is 35.2 Å². The summed E-state index contributed by atoms with van der Waals surface area (Å²) < 4.78 is 0. The van der Waals surface area contributed by atoms with E-state index < -0.39 is 0 Å². The van der Waals surface area contributed by atoms with Gasteiger partial charge in [0.15, 0.2) is 0 Å². The molecular weight excluding hydrogens is 262 g/mol. The van der Waals surface area contributed by atoms with Crippen LogP contribution in [0.1, 0.15) is 51.0 Å². The van der Waals surface area contributed by atoms with Crippen LogP contribution in [0, 0.1) is 0 Å². The number of carbonyl (C=O) groups excluding carboxylic acids is 1. The Morgan fingerprint density at radius 2 is 2.05 bits per heavy atom. The van der Waals surface area contributed by atoms with Gasteiger partial charge in [0.05, 0.1) is 5.54 Å². The molecule has 1 aliphatic carbocycles. The summed E-state index contributed by atoms with van der Waals surface area (Å²) in [4.78, 5) is 12.6. The second kappa shape index (κ2) is 6.16. The van der Waals surface area contributed by atoms with Gasteiger partial charge in [-0.15, -0.1) is 0 Å². The number of rotatable bonds is 5. The van der Waals surface area contributed by atoms with Crippen LogP contribution in [-0.4, -0.2) is 18.0 Å². The minimum atomic E-state index is -0.136. The van der Waals surface area contributed by atoms with Crippen molar-refractivity contribution in [2.45, 2.75) is 63.1 Å². The van der Waals surface area contributed by atoms with Gasteiger partial charge in [-0.1, -0.05) is 43.7 Å². The van der Waals surface area contributed by atoms with Gasteiger partial charge in [0.25, 0.3) is 0 Å². The van der Waals surface area contributed by atoms with Gasteiger partial charge in [-0.05, 0) is 37.7 Å². The summed E-state index contributed by atoms with van der Waals surface area (Å²) in [6.45, 7) is 2.17. The zero-order chi connectivity index (χ0) is 14.7. The van der Waals surface area contributed by atoms with E-state index in [1.54, 1.807) is 0 Å². The van der Waals surface area contributed by atoms with Crippen LogP contribution >= 0.6 is 0 Å². The average molecular weight is 287 g/mol. The fraction of sp³-hybridized carbons (Fsp3) is 0.588. The third-order valence-electron chi connectivity index (χ3n) is 4.83. The zero-order valence-corrected chi connectivity index (χ0v) is 12.7. The summed E-state index contributed by atoms with van der Waals surface area (Å²) in [5, 5.41) is 3.31. The molecule has 1 heterocycles. The highest BCUT2D eigenvalue weighted by Gasteiger charge is 2.42. The lowest BCUT2D eigenvalue weighted by molar-refractivity contribution is -0.126. The molecule has 1 aromatic carbocycles. The van der Waals surface area contributed by atoms with Crippen molar-refractivity contribution >= 4 is 5.91 Å². The quantitative estimate of drug-likeness (QED) is 0.778. The Morgan fingerprint density at radius 3 is 2.67 bits per heavy atom. The van der Waals surface area contributed by atoms with E-state index in [-0.39, 0.29) is 17.5 Å². The van der Waals surface area contributed by atoms with Crippen molar-refractivity contribution in [3.05, 3.63) is 35.9 Å². The first-order chi connectivity index (χ1) is 10.2. The maximum absolute atomic E-state index is 12.6. The number of hydrazine groups is 1. The smallest absolute Gasteiger partial charge is 0.239 e.